The van der Waals surface area contributed by atoms with Gasteiger partial charge in [0.05, 0.1) is 18.3 Å². The van der Waals surface area contributed by atoms with Crippen LogP contribution in [0.4, 0.5) is 0 Å². The number of ether oxygens (including phenoxy) is 1. The van der Waals surface area contributed by atoms with E-state index in [0.29, 0.717) is 5.92 Å². The molecule has 0 saturated carbocycles. The molecule has 0 radical (unpaired) electrons. The number of allylic oxidation sites excluding steroid dienone is 1. The van der Waals surface area contributed by atoms with Crippen molar-refractivity contribution < 1.29 is 9.53 Å². The summed E-state index contributed by atoms with van der Waals surface area (Å²) in [5.74, 6) is 0.0933. The van der Waals surface area contributed by atoms with Gasteiger partial charge < -0.3 is 9.30 Å². The SMILES string of the molecule is COC(=O)/C=C1\CCn2c1cc1c(C(C)C)nccc12. The van der Waals surface area contributed by atoms with Gasteiger partial charge in [0.15, 0.2) is 0 Å². The van der Waals surface area contributed by atoms with Gasteiger partial charge in [0.1, 0.15) is 0 Å². The van der Waals surface area contributed by atoms with E-state index in [4.69, 9.17) is 4.74 Å². The fourth-order valence-electron chi connectivity index (χ4n) is 2.88. The van der Waals surface area contributed by atoms with E-state index in [0.717, 1.165) is 29.9 Å². The van der Waals surface area contributed by atoms with Gasteiger partial charge in [-0.2, -0.15) is 0 Å². The van der Waals surface area contributed by atoms with Gasteiger partial charge in [-0.25, -0.2) is 4.79 Å². The van der Waals surface area contributed by atoms with Crippen LogP contribution in [0.5, 0.6) is 0 Å². The van der Waals surface area contributed by atoms with Crippen molar-refractivity contribution in [2.45, 2.75) is 32.7 Å². The van der Waals surface area contributed by atoms with Crippen LogP contribution in [-0.2, 0) is 16.1 Å². The zero-order chi connectivity index (χ0) is 14.3. The Balaban J connectivity index is 2.17. The van der Waals surface area contributed by atoms with Crippen LogP contribution < -0.4 is 0 Å². The van der Waals surface area contributed by atoms with Gasteiger partial charge in [-0.05, 0) is 30.0 Å². The lowest BCUT2D eigenvalue weighted by atomic mass is 10.0. The molecule has 3 heterocycles. The third-order valence-corrected chi connectivity index (χ3v) is 3.83. The Morgan fingerprint density at radius 2 is 2.30 bits per heavy atom. The summed E-state index contributed by atoms with van der Waals surface area (Å²) in [4.78, 5) is 15.9. The van der Waals surface area contributed by atoms with Crippen LogP contribution in [0.25, 0.3) is 16.5 Å². The lowest BCUT2D eigenvalue weighted by Gasteiger charge is -2.06. The van der Waals surface area contributed by atoms with E-state index in [-0.39, 0.29) is 5.97 Å². The first-order chi connectivity index (χ1) is 9.61. The van der Waals surface area contributed by atoms with Gasteiger partial charge in [-0.3, -0.25) is 4.98 Å². The van der Waals surface area contributed by atoms with Crippen LogP contribution in [0.3, 0.4) is 0 Å². The number of pyridine rings is 1. The van der Waals surface area contributed by atoms with Crippen molar-refractivity contribution >= 4 is 22.4 Å². The largest absolute Gasteiger partial charge is 0.466 e. The molecule has 0 spiro atoms. The van der Waals surface area contributed by atoms with Crippen molar-refractivity contribution in [1.82, 2.24) is 9.55 Å². The quantitative estimate of drug-likeness (QED) is 0.622. The third-order valence-electron chi connectivity index (χ3n) is 3.83. The molecule has 1 aliphatic heterocycles. The van der Waals surface area contributed by atoms with Gasteiger partial charge >= 0.3 is 5.97 Å². The van der Waals surface area contributed by atoms with E-state index in [9.17, 15) is 4.79 Å². The minimum Gasteiger partial charge on any atom is -0.466 e. The average Bonchev–Trinajstić information content (AvgIpc) is 2.98. The Hall–Kier alpha value is -2.10. The van der Waals surface area contributed by atoms with Gasteiger partial charge in [-0.15, -0.1) is 0 Å². The second-order valence-electron chi connectivity index (χ2n) is 5.41. The van der Waals surface area contributed by atoms with Gasteiger partial charge in [0, 0.05) is 29.9 Å². The number of aryl methyl sites for hydroxylation is 1. The van der Waals surface area contributed by atoms with Crippen molar-refractivity contribution in [2.75, 3.05) is 7.11 Å². The Kier molecular flexibility index (Phi) is 3.08. The summed E-state index contributed by atoms with van der Waals surface area (Å²) in [6, 6.07) is 4.20. The molecular weight excluding hydrogens is 252 g/mol. The molecule has 20 heavy (non-hydrogen) atoms. The topological polar surface area (TPSA) is 44.1 Å². The molecule has 0 saturated heterocycles. The maximum atomic E-state index is 11.4. The molecule has 0 aliphatic carbocycles. The number of hydrogen-bond donors (Lipinski definition) is 0. The van der Waals surface area contributed by atoms with Crippen molar-refractivity contribution in [3.05, 3.63) is 35.8 Å². The molecule has 0 N–H and O–H groups in total. The van der Waals surface area contributed by atoms with E-state index in [1.54, 1.807) is 6.08 Å². The molecule has 4 heteroatoms. The predicted octanol–water partition coefficient (Wildman–Crippen LogP) is 3.12. The number of esters is 1. The normalized spacial score (nSPS) is 16.1. The number of fused-ring (bicyclic) bond motifs is 3. The Labute approximate surface area is 118 Å². The summed E-state index contributed by atoms with van der Waals surface area (Å²) in [6.07, 6.45) is 4.34. The molecule has 2 aromatic rings. The zero-order valence-corrected chi connectivity index (χ0v) is 12.0. The molecule has 1 aliphatic rings. The monoisotopic (exact) mass is 270 g/mol. The highest BCUT2D eigenvalue weighted by atomic mass is 16.5. The van der Waals surface area contributed by atoms with E-state index in [1.165, 1.54) is 18.0 Å². The predicted molar refractivity (Wildman–Crippen MR) is 78.4 cm³/mol. The molecule has 0 amide bonds. The smallest absolute Gasteiger partial charge is 0.330 e. The van der Waals surface area contributed by atoms with E-state index in [1.807, 2.05) is 12.3 Å². The van der Waals surface area contributed by atoms with Crippen molar-refractivity contribution in [1.29, 1.82) is 0 Å². The molecule has 0 atom stereocenters. The summed E-state index contributed by atoms with van der Waals surface area (Å²) >= 11 is 0. The van der Waals surface area contributed by atoms with Crippen LogP contribution in [0.15, 0.2) is 24.4 Å². The number of nitrogens with zero attached hydrogens (tertiary/aromatic N) is 2. The Bertz CT molecular complexity index is 711. The highest BCUT2D eigenvalue weighted by Gasteiger charge is 2.22. The first-order valence-corrected chi connectivity index (χ1v) is 6.89. The lowest BCUT2D eigenvalue weighted by Crippen LogP contribution is -1.95. The van der Waals surface area contributed by atoms with Crippen molar-refractivity contribution in [3.63, 3.8) is 0 Å². The van der Waals surface area contributed by atoms with Crippen LogP contribution in [0.1, 0.15) is 37.6 Å². The van der Waals surface area contributed by atoms with Crippen LogP contribution in [0, 0.1) is 0 Å². The first kappa shape index (κ1) is 12.9. The second kappa shape index (κ2) is 4.78. The maximum absolute atomic E-state index is 11.4. The number of carbonyl (C=O) groups excluding carboxylic acids is 1. The molecular formula is C16H18N2O2. The highest BCUT2D eigenvalue weighted by molar-refractivity contribution is 5.95. The summed E-state index contributed by atoms with van der Waals surface area (Å²) in [6.45, 7) is 5.20. The summed E-state index contributed by atoms with van der Waals surface area (Å²) in [7, 11) is 1.41. The van der Waals surface area contributed by atoms with Crippen LogP contribution >= 0.6 is 0 Å². The number of aromatic nitrogens is 2. The molecule has 104 valence electrons. The number of rotatable bonds is 2. The summed E-state index contributed by atoms with van der Waals surface area (Å²) < 4.78 is 6.99. The standard InChI is InChI=1S/C16H18N2O2/c1-10(2)16-12-9-14-11(8-15(19)20-3)5-7-18(14)13(12)4-6-17-16/h4,6,8-10H,5,7H2,1-3H3/b11-8+. The lowest BCUT2D eigenvalue weighted by molar-refractivity contribution is -0.134. The van der Waals surface area contributed by atoms with E-state index < -0.39 is 0 Å². The van der Waals surface area contributed by atoms with Crippen LogP contribution in [0.2, 0.25) is 0 Å². The first-order valence-electron chi connectivity index (χ1n) is 6.89. The zero-order valence-electron chi connectivity index (χ0n) is 12.0. The van der Waals surface area contributed by atoms with Gasteiger partial charge in [0.2, 0.25) is 0 Å². The second-order valence-corrected chi connectivity index (χ2v) is 5.41. The maximum Gasteiger partial charge on any atom is 0.330 e. The van der Waals surface area contributed by atoms with Crippen LogP contribution in [-0.4, -0.2) is 22.6 Å². The Morgan fingerprint density at radius 1 is 1.50 bits per heavy atom. The molecule has 2 aromatic heterocycles. The minimum atomic E-state index is -0.291. The molecule has 4 nitrogen and oxygen atoms in total. The number of methoxy groups -OCH3 is 1. The molecule has 0 unspecified atom stereocenters. The van der Waals surface area contributed by atoms with Crippen molar-refractivity contribution in [3.8, 4) is 0 Å². The van der Waals surface area contributed by atoms with Crippen molar-refractivity contribution in [2.24, 2.45) is 0 Å². The van der Waals surface area contributed by atoms with Gasteiger partial charge in [-0.1, -0.05) is 13.8 Å². The fraction of sp³-hybridized carbons (Fsp3) is 0.375. The average molecular weight is 270 g/mol. The number of carbonyl (C=O) groups is 1. The fourth-order valence-corrected chi connectivity index (χ4v) is 2.88. The Morgan fingerprint density at radius 3 is 3.00 bits per heavy atom. The molecule has 0 bridgehead atoms. The molecule has 0 aromatic carbocycles. The highest BCUT2D eigenvalue weighted by Crippen LogP contribution is 2.35. The molecule has 3 rings (SSSR count). The minimum absolute atomic E-state index is 0.291. The van der Waals surface area contributed by atoms with E-state index >= 15 is 0 Å². The summed E-state index contributed by atoms with van der Waals surface area (Å²) in [5.41, 5.74) is 4.47. The van der Waals surface area contributed by atoms with E-state index in [2.05, 4.69) is 29.5 Å². The number of hydrogen-bond acceptors (Lipinski definition) is 3. The van der Waals surface area contributed by atoms with Gasteiger partial charge in [0.25, 0.3) is 0 Å². The third kappa shape index (κ3) is 1.92. The molecule has 0 fully saturated rings. The summed E-state index contributed by atoms with van der Waals surface area (Å²) in [5, 5.41) is 1.19.